The van der Waals surface area contributed by atoms with Gasteiger partial charge in [0.15, 0.2) is 17.7 Å². The van der Waals surface area contributed by atoms with Crippen LogP contribution in [0.2, 0.25) is 5.02 Å². The molecule has 0 spiro atoms. The number of methoxy groups -OCH3 is 1. The number of hydrogen-bond acceptors (Lipinski definition) is 10. The summed E-state index contributed by atoms with van der Waals surface area (Å²) in [6, 6.07) is 11.4. The van der Waals surface area contributed by atoms with Crippen molar-refractivity contribution in [3.8, 4) is 22.8 Å². The molecule has 1 aliphatic rings. The monoisotopic (exact) mass is 612 g/mol. The highest BCUT2D eigenvalue weighted by atomic mass is 35.5. The van der Waals surface area contributed by atoms with Gasteiger partial charge in [-0.25, -0.2) is 14.4 Å². The van der Waals surface area contributed by atoms with Gasteiger partial charge in [-0.2, -0.15) is 5.10 Å². The second kappa shape index (κ2) is 13.8. The molecule has 226 valence electrons. The first kappa shape index (κ1) is 30.9. The van der Waals surface area contributed by atoms with Crippen molar-refractivity contribution >= 4 is 35.8 Å². The number of nitrogens with one attached hydrogen (secondary N) is 3. The van der Waals surface area contributed by atoms with E-state index in [9.17, 15) is 19.5 Å². The van der Waals surface area contributed by atoms with Crippen LogP contribution in [0.3, 0.4) is 0 Å². The Labute approximate surface area is 251 Å². The highest BCUT2D eigenvalue weighted by molar-refractivity contribution is 6.33. The maximum Gasteiger partial charge on any atom is 0.337 e. The molecule has 0 unspecified atom stereocenters. The molecule has 0 saturated heterocycles. The SMILES string of the molecule is CCOc1cc([C@@H]2NC(=O)NC(C)=C2C(=O)OC)ccc1OC[C@H](O)N/N=C\c1ccc(-c2ccc(C(=O)O)c(Cl)c2)o1. The zero-order valence-electron chi connectivity index (χ0n) is 23.3. The number of esters is 1. The molecule has 2 aromatic carbocycles. The zero-order chi connectivity index (χ0) is 31.1. The number of amides is 2. The highest BCUT2D eigenvalue weighted by Gasteiger charge is 2.32. The lowest BCUT2D eigenvalue weighted by Crippen LogP contribution is -2.45. The molecule has 0 fully saturated rings. The van der Waals surface area contributed by atoms with Crippen LogP contribution < -0.4 is 25.5 Å². The second-order valence-electron chi connectivity index (χ2n) is 9.12. The van der Waals surface area contributed by atoms with Crippen LogP contribution in [0.4, 0.5) is 4.79 Å². The number of carboxylic acid groups (broad SMARTS) is 1. The Kier molecular flexibility index (Phi) is 9.91. The number of nitrogens with zero attached hydrogens (tertiary/aromatic N) is 1. The van der Waals surface area contributed by atoms with Gasteiger partial charge in [-0.05, 0) is 55.8 Å². The maximum atomic E-state index is 12.4. The molecular weight excluding hydrogens is 584 g/mol. The first-order valence-corrected chi connectivity index (χ1v) is 13.3. The average molecular weight is 613 g/mol. The van der Waals surface area contributed by atoms with Crippen molar-refractivity contribution in [2.24, 2.45) is 5.10 Å². The Hall–Kier alpha value is -5.01. The molecule has 0 saturated carbocycles. The third-order valence-corrected chi connectivity index (χ3v) is 6.51. The molecule has 1 aliphatic heterocycles. The number of halogens is 1. The summed E-state index contributed by atoms with van der Waals surface area (Å²) < 4.78 is 22.0. The first-order valence-electron chi connectivity index (χ1n) is 13.0. The number of allylic oxidation sites excluding steroid dienone is 1. The molecule has 2 amide bonds. The lowest BCUT2D eigenvalue weighted by atomic mass is 9.95. The van der Waals surface area contributed by atoms with Gasteiger partial charge >= 0.3 is 18.0 Å². The summed E-state index contributed by atoms with van der Waals surface area (Å²) in [7, 11) is 1.26. The van der Waals surface area contributed by atoms with Crippen LogP contribution in [-0.2, 0) is 9.53 Å². The minimum atomic E-state index is -1.21. The van der Waals surface area contributed by atoms with Crippen LogP contribution in [0, 0.1) is 0 Å². The van der Waals surface area contributed by atoms with Crippen molar-refractivity contribution < 1.29 is 43.2 Å². The van der Waals surface area contributed by atoms with Gasteiger partial charge in [-0.1, -0.05) is 23.7 Å². The Balaban J connectivity index is 1.39. The van der Waals surface area contributed by atoms with E-state index in [1.807, 2.05) is 0 Å². The van der Waals surface area contributed by atoms with Gasteiger partial charge in [-0.3, -0.25) is 5.43 Å². The smallest absolute Gasteiger partial charge is 0.337 e. The number of rotatable bonds is 12. The normalized spacial score (nSPS) is 15.5. The molecule has 0 bridgehead atoms. The largest absolute Gasteiger partial charge is 0.490 e. The van der Waals surface area contributed by atoms with E-state index in [1.54, 1.807) is 50.2 Å². The summed E-state index contributed by atoms with van der Waals surface area (Å²) in [6.45, 7) is 3.50. The topological polar surface area (TPSA) is 181 Å². The number of aliphatic hydroxyl groups is 1. The number of carbonyl (C=O) groups excluding carboxylic acids is 2. The fourth-order valence-corrected chi connectivity index (χ4v) is 4.49. The third kappa shape index (κ3) is 7.45. The van der Waals surface area contributed by atoms with E-state index in [0.717, 1.165) is 0 Å². The van der Waals surface area contributed by atoms with Crippen molar-refractivity contribution in [1.29, 1.82) is 0 Å². The lowest BCUT2D eigenvalue weighted by molar-refractivity contribution is -0.136. The number of hydrazone groups is 1. The van der Waals surface area contributed by atoms with Crippen molar-refractivity contribution in [2.45, 2.75) is 26.1 Å². The molecule has 2 heterocycles. The summed E-state index contributed by atoms with van der Waals surface area (Å²) >= 11 is 6.03. The van der Waals surface area contributed by atoms with Crippen molar-refractivity contribution in [3.05, 3.63) is 81.7 Å². The van der Waals surface area contributed by atoms with E-state index >= 15 is 0 Å². The molecular formula is C29H29ClN4O9. The van der Waals surface area contributed by atoms with E-state index in [4.69, 9.17) is 35.3 Å². The van der Waals surface area contributed by atoms with Crippen molar-refractivity contribution in [1.82, 2.24) is 16.1 Å². The first-order chi connectivity index (χ1) is 20.6. The quantitative estimate of drug-likeness (QED) is 0.0873. The van der Waals surface area contributed by atoms with Crippen molar-refractivity contribution in [3.63, 3.8) is 0 Å². The Morgan fingerprint density at radius 2 is 1.95 bits per heavy atom. The highest BCUT2D eigenvalue weighted by Crippen LogP contribution is 2.35. The molecule has 1 aromatic heterocycles. The Morgan fingerprint density at radius 3 is 2.65 bits per heavy atom. The van der Waals surface area contributed by atoms with Crippen LogP contribution in [0.1, 0.15) is 41.6 Å². The lowest BCUT2D eigenvalue weighted by Gasteiger charge is -2.28. The number of furan rings is 1. The zero-order valence-corrected chi connectivity index (χ0v) is 24.1. The summed E-state index contributed by atoms with van der Waals surface area (Å²) in [4.78, 5) is 35.7. The number of benzene rings is 2. The average Bonchev–Trinajstić information content (AvgIpc) is 3.44. The molecule has 14 heteroatoms. The Morgan fingerprint density at radius 1 is 1.16 bits per heavy atom. The fourth-order valence-electron chi connectivity index (χ4n) is 4.23. The number of aliphatic hydroxyl groups excluding tert-OH is 1. The van der Waals surface area contributed by atoms with Crippen LogP contribution in [0.15, 0.2) is 69.3 Å². The van der Waals surface area contributed by atoms with Gasteiger partial charge in [-0.15, -0.1) is 0 Å². The number of urea groups is 1. The van der Waals surface area contributed by atoms with E-state index in [0.29, 0.717) is 46.5 Å². The molecule has 13 nitrogen and oxygen atoms in total. The minimum absolute atomic E-state index is 0.0151. The van der Waals surface area contributed by atoms with Gasteiger partial charge in [0, 0.05) is 11.3 Å². The minimum Gasteiger partial charge on any atom is -0.490 e. The molecule has 0 radical (unpaired) electrons. The van der Waals surface area contributed by atoms with Crippen LogP contribution in [-0.4, -0.2) is 60.9 Å². The predicted octanol–water partition coefficient (Wildman–Crippen LogP) is 3.82. The van der Waals surface area contributed by atoms with Gasteiger partial charge in [0.05, 0.1) is 42.1 Å². The van der Waals surface area contributed by atoms with Crippen molar-refractivity contribution in [2.75, 3.05) is 20.3 Å². The molecule has 3 aromatic rings. The van der Waals surface area contributed by atoms with E-state index < -0.39 is 30.2 Å². The van der Waals surface area contributed by atoms with E-state index in [-0.39, 0.29) is 22.8 Å². The predicted molar refractivity (Wildman–Crippen MR) is 155 cm³/mol. The molecule has 2 atom stereocenters. The van der Waals surface area contributed by atoms with Gasteiger partial charge in [0.1, 0.15) is 18.1 Å². The third-order valence-electron chi connectivity index (χ3n) is 6.20. The molecule has 5 N–H and O–H groups in total. The fraction of sp³-hybridized carbons (Fsp3) is 0.241. The Bertz CT molecular complexity index is 1580. The molecule has 43 heavy (non-hydrogen) atoms. The van der Waals surface area contributed by atoms with Gasteiger partial charge < -0.3 is 39.5 Å². The summed E-state index contributed by atoms with van der Waals surface area (Å²) in [5.41, 5.74) is 4.28. The van der Waals surface area contributed by atoms with E-state index in [1.165, 1.54) is 25.5 Å². The number of hydrogen-bond donors (Lipinski definition) is 5. The van der Waals surface area contributed by atoms with Gasteiger partial charge in [0.2, 0.25) is 0 Å². The number of ether oxygens (including phenoxy) is 3. The number of carbonyl (C=O) groups is 3. The second-order valence-corrected chi connectivity index (χ2v) is 9.52. The van der Waals surface area contributed by atoms with Crippen LogP contribution in [0.5, 0.6) is 11.5 Å². The maximum absolute atomic E-state index is 12.4. The standard InChI is InChI=1S/C29H29ClN4O9/c1-4-41-23-12-17(26-25(28(38)40-3)15(2)32-29(39)33-26)6-9-22(23)42-14-24(35)34-31-13-18-7-10-21(43-18)16-5-8-19(27(36)37)20(30)11-16/h5-13,24,26,34-35H,4,14H2,1-3H3,(H,36,37)(H2,32,33,39)/b31-13-/t24-,26-/m0/s1. The summed E-state index contributed by atoms with van der Waals surface area (Å²) in [5, 5.41) is 28.8. The van der Waals surface area contributed by atoms with Crippen LogP contribution >= 0.6 is 11.6 Å². The van der Waals surface area contributed by atoms with Gasteiger partial charge in [0.25, 0.3) is 0 Å². The number of aromatic carboxylic acids is 1. The summed E-state index contributed by atoms with van der Waals surface area (Å²) in [5.74, 6) is -0.248. The van der Waals surface area contributed by atoms with E-state index in [2.05, 4.69) is 21.2 Å². The number of carboxylic acids is 1. The molecule has 0 aliphatic carbocycles. The van der Waals surface area contributed by atoms with Crippen LogP contribution in [0.25, 0.3) is 11.3 Å². The summed E-state index contributed by atoms with van der Waals surface area (Å²) in [6.07, 6.45) is 0.143. The molecule has 4 rings (SSSR count).